The van der Waals surface area contributed by atoms with Crippen LogP contribution in [-0.4, -0.2) is 37.3 Å². The first-order valence-electron chi connectivity index (χ1n) is 5.00. The van der Waals surface area contributed by atoms with Crippen LogP contribution in [0.2, 0.25) is 0 Å². The van der Waals surface area contributed by atoms with Crippen LogP contribution in [0.4, 0.5) is 13.2 Å². The maximum atomic E-state index is 12.1. The second-order valence-electron chi connectivity index (χ2n) is 3.95. The zero-order chi connectivity index (χ0) is 10.6. The molecule has 1 fully saturated rings. The highest BCUT2D eigenvalue weighted by atomic mass is 19.4. The molecule has 0 amide bonds. The zero-order valence-corrected chi connectivity index (χ0v) is 8.19. The highest BCUT2D eigenvalue weighted by Gasteiger charge is 2.31. The molecule has 1 rings (SSSR count). The molecule has 84 valence electrons. The van der Waals surface area contributed by atoms with Crippen LogP contribution in [0.3, 0.4) is 0 Å². The van der Waals surface area contributed by atoms with Gasteiger partial charge in [-0.1, -0.05) is 6.42 Å². The third-order valence-corrected chi connectivity index (χ3v) is 2.59. The number of rotatable bonds is 2. The maximum Gasteiger partial charge on any atom is 0.401 e. The van der Waals surface area contributed by atoms with Crippen LogP contribution in [-0.2, 0) is 0 Å². The largest absolute Gasteiger partial charge is 0.401 e. The van der Waals surface area contributed by atoms with Crippen molar-refractivity contribution in [3.05, 3.63) is 0 Å². The molecule has 1 atom stereocenters. The quantitative estimate of drug-likeness (QED) is 0.750. The van der Waals surface area contributed by atoms with E-state index in [0.717, 1.165) is 19.3 Å². The molecular formula is C9H17F3N2. The van der Waals surface area contributed by atoms with Crippen molar-refractivity contribution < 1.29 is 13.2 Å². The molecule has 1 saturated heterocycles. The molecule has 1 unspecified atom stereocenters. The Morgan fingerprint density at radius 2 is 2.00 bits per heavy atom. The van der Waals surface area contributed by atoms with Crippen LogP contribution in [0.5, 0.6) is 0 Å². The summed E-state index contributed by atoms with van der Waals surface area (Å²) in [7, 11) is 0. The molecule has 0 bridgehead atoms. The predicted octanol–water partition coefficient (Wildman–Crippen LogP) is 1.61. The highest BCUT2D eigenvalue weighted by molar-refractivity contribution is 4.73. The van der Waals surface area contributed by atoms with Crippen molar-refractivity contribution >= 4 is 0 Å². The minimum Gasteiger partial charge on any atom is -0.330 e. The Morgan fingerprint density at radius 3 is 2.57 bits per heavy atom. The number of nitrogens with zero attached hydrogens (tertiary/aromatic N) is 1. The second kappa shape index (κ2) is 4.98. The van der Waals surface area contributed by atoms with E-state index < -0.39 is 12.7 Å². The fraction of sp³-hybridized carbons (Fsp3) is 1.00. The minimum atomic E-state index is -4.08. The van der Waals surface area contributed by atoms with Gasteiger partial charge in [0.25, 0.3) is 0 Å². The molecule has 2 nitrogen and oxygen atoms in total. The van der Waals surface area contributed by atoms with E-state index in [0.29, 0.717) is 19.6 Å². The molecule has 0 saturated carbocycles. The molecule has 2 N–H and O–H groups in total. The van der Waals surface area contributed by atoms with Crippen LogP contribution in [0.1, 0.15) is 19.3 Å². The molecule has 0 aliphatic carbocycles. The van der Waals surface area contributed by atoms with E-state index >= 15 is 0 Å². The summed E-state index contributed by atoms with van der Waals surface area (Å²) < 4.78 is 36.4. The van der Waals surface area contributed by atoms with Gasteiger partial charge in [-0.2, -0.15) is 13.2 Å². The molecule has 14 heavy (non-hydrogen) atoms. The fourth-order valence-electron chi connectivity index (χ4n) is 1.91. The summed E-state index contributed by atoms with van der Waals surface area (Å²) in [6, 6.07) is 0. The third-order valence-electron chi connectivity index (χ3n) is 2.59. The second-order valence-corrected chi connectivity index (χ2v) is 3.95. The number of hydrogen-bond acceptors (Lipinski definition) is 2. The van der Waals surface area contributed by atoms with Gasteiger partial charge in [0.05, 0.1) is 6.54 Å². The average molecular weight is 210 g/mol. The average Bonchev–Trinajstić information content (AvgIpc) is 2.26. The van der Waals surface area contributed by atoms with Crippen molar-refractivity contribution in [3.8, 4) is 0 Å². The number of nitrogens with two attached hydrogens (primary N) is 1. The summed E-state index contributed by atoms with van der Waals surface area (Å²) in [5, 5.41) is 0. The van der Waals surface area contributed by atoms with Crippen molar-refractivity contribution in [2.24, 2.45) is 11.7 Å². The molecule has 1 aliphatic heterocycles. The van der Waals surface area contributed by atoms with Crippen molar-refractivity contribution in [1.82, 2.24) is 4.90 Å². The lowest BCUT2D eigenvalue weighted by atomic mass is 10.0. The van der Waals surface area contributed by atoms with E-state index in [1.54, 1.807) is 0 Å². The van der Waals surface area contributed by atoms with Crippen LogP contribution in [0, 0.1) is 5.92 Å². The Labute approximate surface area is 82.2 Å². The summed E-state index contributed by atoms with van der Waals surface area (Å²) in [6.07, 6.45) is -1.27. The third kappa shape index (κ3) is 4.28. The highest BCUT2D eigenvalue weighted by Crippen LogP contribution is 2.21. The van der Waals surface area contributed by atoms with Gasteiger partial charge in [-0.25, -0.2) is 0 Å². The fourth-order valence-corrected chi connectivity index (χ4v) is 1.91. The summed E-state index contributed by atoms with van der Waals surface area (Å²) in [4.78, 5) is 1.48. The van der Waals surface area contributed by atoms with Crippen LogP contribution >= 0.6 is 0 Å². The smallest absolute Gasteiger partial charge is 0.330 e. The van der Waals surface area contributed by atoms with Gasteiger partial charge in [0, 0.05) is 6.54 Å². The standard InChI is InChI=1S/C9H17F3N2/c10-9(11,12)7-14-4-2-1-3-8(5-13)6-14/h8H,1-7,13H2. The summed E-state index contributed by atoms with van der Waals surface area (Å²) in [5.41, 5.74) is 5.49. The topological polar surface area (TPSA) is 29.3 Å². The summed E-state index contributed by atoms with van der Waals surface area (Å²) in [5.74, 6) is 0.236. The van der Waals surface area contributed by atoms with E-state index in [9.17, 15) is 13.2 Å². The van der Waals surface area contributed by atoms with Crippen molar-refractivity contribution in [3.63, 3.8) is 0 Å². The lowest BCUT2D eigenvalue weighted by Crippen LogP contribution is -2.38. The van der Waals surface area contributed by atoms with Gasteiger partial charge in [0.2, 0.25) is 0 Å². The van der Waals surface area contributed by atoms with Gasteiger partial charge in [0.1, 0.15) is 0 Å². The number of likely N-dealkylation sites (tertiary alicyclic amines) is 1. The number of halogens is 3. The predicted molar refractivity (Wildman–Crippen MR) is 48.9 cm³/mol. The van der Waals surface area contributed by atoms with Gasteiger partial charge in [0.15, 0.2) is 0 Å². The van der Waals surface area contributed by atoms with Gasteiger partial charge in [-0.05, 0) is 31.8 Å². The molecule has 0 aromatic rings. The van der Waals surface area contributed by atoms with E-state index in [1.165, 1.54) is 4.90 Å². The summed E-state index contributed by atoms with van der Waals surface area (Å²) >= 11 is 0. The first kappa shape index (κ1) is 11.8. The Balaban J connectivity index is 2.43. The van der Waals surface area contributed by atoms with Crippen molar-refractivity contribution in [2.75, 3.05) is 26.2 Å². The minimum absolute atomic E-state index is 0.236. The number of alkyl halides is 3. The van der Waals surface area contributed by atoms with Crippen molar-refractivity contribution in [1.29, 1.82) is 0 Å². The van der Waals surface area contributed by atoms with Crippen LogP contribution in [0.25, 0.3) is 0 Å². The summed E-state index contributed by atoms with van der Waals surface area (Å²) in [6.45, 7) is 0.754. The first-order valence-corrected chi connectivity index (χ1v) is 5.00. The molecule has 0 spiro atoms. The molecule has 0 aromatic heterocycles. The SMILES string of the molecule is NCC1CCCCN(CC(F)(F)F)C1. The molecule has 0 radical (unpaired) electrons. The first-order chi connectivity index (χ1) is 6.51. The monoisotopic (exact) mass is 210 g/mol. The van der Waals surface area contributed by atoms with Gasteiger partial charge in [-0.3, -0.25) is 4.90 Å². The van der Waals surface area contributed by atoms with Crippen molar-refractivity contribution in [2.45, 2.75) is 25.4 Å². The molecule has 5 heteroatoms. The van der Waals surface area contributed by atoms with Gasteiger partial charge in [-0.15, -0.1) is 0 Å². The van der Waals surface area contributed by atoms with E-state index in [2.05, 4.69) is 0 Å². The Hall–Kier alpha value is -0.290. The molecule has 1 heterocycles. The maximum absolute atomic E-state index is 12.1. The van der Waals surface area contributed by atoms with Gasteiger partial charge < -0.3 is 5.73 Å². The van der Waals surface area contributed by atoms with E-state index in [-0.39, 0.29) is 5.92 Å². The number of hydrogen-bond donors (Lipinski definition) is 1. The molecular weight excluding hydrogens is 193 g/mol. The molecule has 1 aliphatic rings. The Bertz CT molecular complexity index is 170. The molecule has 0 aromatic carbocycles. The lowest BCUT2D eigenvalue weighted by molar-refractivity contribution is -0.146. The van der Waals surface area contributed by atoms with Crippen LogP contribution in [0.15, 0.2) is 0 Å². The Morgan fingerprint density at radius 1 is 1.29 bits per heavy atom. The Kier molecular flexibility index (Phi) is 4.19. The van der Waals surface area contributed by atoms with Gasteiger partial charge >= 0.3 is 6.18 Å². The van der Waals surface area contributed by atoms with E-state index in [1.807, 2.05) is 0 Å². The normalized spacial score (nSPS) is 26.1. The lowest BCUT2D eigenvalue weighted by Gasteiger charge is -2.24. The zero-order valence-electron chi connectivity index (χ0n) is 8.19. The van der Waals surface area contributed by atoms with Crippen LogP contribution < -0.4 is 5.73 Å². The van der Waals surface area contributed by atoms with E-state index in [4.69, 9.17) is 5.73 Å².